The second-order valence-corrected chi connectivity index (χ2v) is 12.9. The minimum Gasteiger partial charge on any atom is -0.355 e. The molecule has 42 heavy (non-hydrogen) atoms. The number of hydrogen-bond donors (Lipinski definition) is 2. The van der Waals surface area contributed by atoms with Gasteiger partial charge in [0, 0.05) is 60.7 Å². The minimum absolute atomic E-state index is 0.0324. The number of halogens is 3. The first-order valence-corrected chi connectivity index (χ1v) is 15.1. The summed E-state index contributed by atoms with van der Waals surface area (Å²) >= 11 is 12.7. The van der Waals surface area contributed by atoms with Crippen molar-refractivity contribution >= 4 is 51.7 Å². The second kappa shape index (κ2) is 9.27. The van der Waals surface area contributed by atoms with Gasteiger partial charge in [0.05, 0.1) is 16.1 Å². The number of anilines is 1. The molecule has 1 saturated carbocycles. The highest BCUT2D eigenvalue weighted by atomic mass is 35.5. The highest BCUT2D eigenvalue weighted by Gasteiger charge is 2.67. The van der Waals surface area contributed by atoms with Gasteiger partial charge in [-0.15, -0.1) is 0 Å². The Morgan fingerprint density at radius 2 is 2.00 bits per heavy atom. The number of benzene rings is 3. The maximum absolute atomic E-state index is 16.1. The number of likely N-dealkylation sites (tertiary alicyclic amines) is 1. The van der Waals surface area contributed by atoms with Crippen molar-refractivity contribution in [2.75, 3.05) is 18.9 Å². The van der Waals surface area contributed by atoms with E-state index >= 15 is 4.39 Å². The molecule has 0 bridgehead atoms. The van der Waals surface area contributed by atoms with E-state index in [0.717, 1.165) is 36.3 Å². The van der Waals surface area contributed by atoms with Crippen LogP contribution in [0.4, 0.5) is 10.1 Å². The predicted octanol–water partition coefficient (Wildman–Crippen LogP) is 5.75. The van der Waals surface area contributed by atoms with Crippen LogP contribution in [0.15, 0.2) is 54.6 Å². The molecule has 214 valence electrons. The van der Waals surface area contributed by atoms with Gasteiger partial charge in [0.2, 0.25) is 5.91 Å². The van der Waals surface area contributed by atoms with E-state index in [-0.39, 0.29) is 28.8 Å². The lowest BCUT2D eigenvalue weighted by atomic mass is 9.69. The van der Waals surface area contributed by atoms with Crippen molar-refractivity contribution in [3.05, 3.63) is 93.0 Å². The van der Waals surface area contributed by atoms with Crippen LogP contribution in [0.5, 0.6) is 0 Å². The first-order valence-electron chi connectivity index (χ1n) is 14.3. The molecule has 8 rings (SSSR count). The molecule has 1 aliphatic carbocycles. The largest absolute Gasteiger partial charge is 0.355 e. The molecular weight excluding hydrogens is 576 g/mol. The Hall–Kier alpha value is -3.46. The minimum atomic E-state index is -1.05. The fourth-order valence-corrected chi connectivity index (χ4v) is 8.13. The topological polar surface area (TPSA) is 79.3 Å². The van der Waals surface area contributed by atoms with Crippen molar-refractivity contribution in [2.24, 2.45) is 5.92 Å². The number of rotatable bonds is 4. The Morgan fingerprint density at radius 1 is 1.17 bits per heavy atom. The number of carbonyl (C=O) groups is 2. The van der Waals surface area contributed by atoms with Crippen LogP contribution in [0, 0.1) is 11.7 Å². The number of hydrogen-bond acceptors (Lipinski definition) is 4. The van der Waals surface area contributed by atoms with Crippen LogP contribution in [-0.4, -0.2) is 51.4 Å². The normalized spacial score (nSPS) is 26.3. The Morgan fingerprint density at radius 3 is 2.79 bits per heavy atom. The number of fused-ring (bicyclic) bond motifs is 6. The Balaban J connectivity index is 1.36. The number of nitrogens with zero attached hydrogens (tertiary/aromatic N) is 3. The summed E-state index contributed by atoms with van der Waals surface area (Å²) in [5.41, 5.74) is 3.19. The Kier molecular flexibility index (Phi) is 5.78. The molecule has 1 aromatic heterocycles. The number of imidazole rings is 1. The van der Waals surface area contributed by atoms with Crippen molar-refractivity contribution in [1.82, 2.24) is 19.8 Å². The molecule has 3 aromatic carbocycles. The summed E-state index contributed by atoms with van der Waals surface area (Å²) in [7, 11) is 1.60. The van der Waals surface area contributed by atoms with Crippen molar-refractivity contribution in [2.45, 2.75) is 49.2 Å². The number of aromatic nitrogens is 2. The third-order valence-electron chi connectivity index (χ3n) is 9.78. The lowest BCUT2D eigenvalue weighted by Crippen LogP contribution is -2.61. The quantitative estimate of drug-likeness (QED) is 0.311. The van der Waals surface area contributed by atoms with Gasteiger partial charge in [-0.05, 0) is 66.3 Å². The monoisotopic (exact) mass is 603 g/mol. The summed E-state index contributed by atoms with van der Waals surface area (Å²) in [6.07, 6.45) is 2.65. The fraction of sp³-hybridized carbons (Fsp3) is 0.344. The van der Waals surface area contributed by atoms with Crippen molar-refractivity contribution < 1.29 is 14.0 Å². The van der Waals surface area contributed by atoms with Crippen molar-refractivity contribution in [1.29, 1.82) is 0 Å². The average Bonchev–Trinajstić information content (AvgIpc) is 3.57. The molecule has 4 atom stereocenters. The average molecular weight is 605 g/mol. The molecular formula is C32H28Cl2FN5O2. The van der Waals surface area contributed by atoms with Gasteiger partial charge in [-0.2, -0.15) is 0 Å². The maximum Gasteiger partial charge on any atom is 0.251 e. The van der Waals surface area contributed by atoms with E-state index < -0.39 is 17.3 Å². The first kappa shape index (κ1) is 26.2. The summed E-state index contributed by atoms with van der Waals surface area (Å²) in [6, 6.07) is 16.1. The zero-order chi connectivity index (χ0) is 28.9. The van der Waals surface area contributed by atoms with Gasteiger partial charge >= 0.3 is 0 Å². The predicted molar refractivity (Wildman–Crippen MR) is 160 cm³/mol. The standard InChI is InChI=1S/C32H28Cl2FN5O2/c1-36-30(41)17-8-10-24-23(11-17)37-29-26-25(15-39(24)29)40(14-16-5-6-16)32(27(26)20-3-2-4-21(34)28(20)35)13-18-7-9-19(33)12-22(18)38-31(32)42/h2-4,7-12,16,25-27H,5-6,13-15H2,1H3,(H,36,41)(H,38,42)/t25-,26+,27-,32+/m0/s1. The molecule has 2 N–H and O–H groups in total. The molecule has 1 saturated heterocycles. The molecule has 1 spiro atoms. The van der Waals surface area contributed by atoms with Gasteiger partial charge in [0.25, 0.3) is 5.91 Å². The van der Waals surface area contributed by atoms with E-state index in [9.17, 15) is 9.59 Å². The van der Waals surface area contributed by atoms with E-state index in [0.29, 0.717) is 46.2 Å². The van der Waals surface area contributed by atoms with Crippen LogP contribution >= 0.6 is 23.2 Å². The molecule has 7 nitrogen and oxygen atoms in total. The molecule has 2 fully saturated rings. The molecule has 0 radical (unpaired) electrons. The molecule has 4 aromatic rings. The van der Waals surface area contributed by atoms with Crippen molar-refractivity contribution in [3.8, 4) is 0 Å². The first-order chi connectivity index (χ1) is 20.3. The van der Waals surface area contributed by atoms with Gasteiger partial charge in [-0.1, -0.05) is 41.4 Å². The Labute approximate surface area is 252 Å². The van der Waals surface area contributed by atoms with E-state index in [1.165, 1.54) is 0 Å². The van der Waals surface area contributed by atoms with Crippen LogP contribution in [0.2, 0.25) is 10.0 Å². The maximum atomic E-state index is 16.1. The van der Waals surface area contributed by atoms with E-state index in [1.54, 1.807) is 43.4 Å². The van der Waals surface area contributed by atoms with Crippen LogP contribution in [-0.2, 0) is 17.8 Å². The molecule has 4 aliphatic rings. The van der Waals surface area contributed by atoms with E-state index in [4.69, 9.17) is 28.2 Å². The molecule has 3 aliphatic heterocycles. The second-order valence-electron chi connectivity index (χ2n) is 12.0. The van der Waals surface area contributed by atoms with Crippen LogP contribution in [0.1, 0.15) is 52.0 Å². The summed E-state index contributed by atoms with van der Waals surface area (Å²) in [5, 5.41) is 6.41. The molecule has 4 heterocycles. The summed E-state index contributed by atoms with van der Waals surface area (Å²) in [5.74, 6) is -0.365. The molecule has 2 amide bonds. The van der Waals surface area contributed by atoms with Gasteiger partial charge in [-0.25, -0.2) is 9.37 Å². The van der Waals surface area contributed by atoms with Gasteiger partial charge in [-0.3, -0.25) is 14.5 Å². The van der Waals surface area contributed by atoms with E-state index in [1.807, 2.05) is 18.2 Å². The summed E-state index contributed by atoms with van der Waals surface area (Å²) < 4.78 is 18.3. The lowest BCUT2D eigenvalue weighted by molar-refractivity contribution is -0.129. The summed E-state index contributed by atoms with van der Waals surface area (Å²) in [6.45, 7) is 1.36. The van der Waals surface area contributed by atoms with Crippen molar-refractivity contribution in [3.63, 3.8) is 0 Å². The van der Waals surface area contributed by atoms with Gasteiger partial charge < -0.3 is 15.2 Å². The molecule has 0 unspecified atom stereocenters. The number of carbonyl (C=O) groups excluding carboxylic acids is 2. The highest BCUT2D eigenvalue weighted by molar-refractivity contribution is 6.31. The Bertz CT molecular complexity index is 1820. The lowest BCUT2D eigenvalue weighted by Gasteiger charge is -2.46. The zero-order valence-corrected chi connectivity index (χ0v) is 24.3. The fourth-order valence-electron chi connectivity index (χ4n) is 7.78. The SMILES string of the molecule is CNC(=O)c1ccc2c(c1)nc1n2C[C@H]2[C@@H]1[C@H](c1cccc(Cl)c1F)[C@@]1(Cc3ccc(Cl)cc3NC1=O)N2CC1CC1. The van der Waals surface area contributed by atoms with Gasteiger partial charge in [0.1, 0.15) is 17.2 Å². The van der Waals surface area contributed by atoms with Crippen LogP contribution in [0.25, 0.3) is 11.0 Å². The van der Waals surface area contributed by atoms with Crippen LogP contribution < -0.4 is 10.6 Å². The molecule has 10 heteroatoms. The number of nitrogens with one attached hydrogen (secondary N) is 2. The highest BCUT2D eigenvalue weighted by Crippen LogP contribution is 2.61. The third-order valence-corrected chi connectivity index (χ3v) is 10.3. The zero-order valence-electron chi connectivity index (χ0n) is 22.8. The summed E-state index contributed by atoms with van der Waals surface area (Å²) in [4.78, 5) is 34.4. The smallest absolute Gasteiger partial charge is 0.251 e. The van der Waals surface area contributed by atoms with E-state index in [2.05, 4.69) is 20.1 Å². The third kappa shape index (κ3) is 3.64. The number of amides is 2. The van der Waals surface area contributed by atoms with Gasteiger partial charge in [0.15, 0.2) is 0 Å². The van der Waals surface area contributed by atoms with Crippen LogP contribution in [0.3, 0.4) is 0 Å².